The molecule has 1 aliphatic heterocycles. The van der Waals surface area contributed by atoms with E-state index in [1.165, 1.54) is 13.2 Å². The molecule has 2 nitrogen and oxygen atoms in total. The van der Waals surface area contributed by atoms with Crippen LogP contribution >= 0.6 is 0 Å². The Morgan fingerprint density at radius 3 is 2.43 bits per heavy atom. The lowest BCUT2D eigenvalue weighted by atomic mass is 9.93. The molecule has 1 saturated heterocycles. The average Bonchev–Trinajstić information content (AvgIpc) is 2.08. The number of halogens is 2. The van der Waals surface area contributed by atoms with Gasteiger partial charge in [-0.3, -0.25) is 0 Å². The Labute approximate surface area is 80.9 Å². The van der Waals surface area contributed by atoms with Crippen molar-refractivity contribution in [3.8, 4) is 5.75 Å². The van der Waals surface area contributed by atoms with Crippen LogP contribution in [-0.4, -0.2) is 20.2 Å². The van der Waals surface area contributed by atoms with Crippen LogP contribution in [0.3, 0.4) is 0 Å². The standard InChI is InChI=1S/C10H11F2NO/c1-14-10-3-9(12)8(11)2-7(10)6-4-13-5-6/h2-3,6,13H,4-5H2,1H3. The molecule has 0 spiro atoms. The van der Waals surface area contributed by atoms with E-state index in [2.05, 4.69) is 5.32 Å². The van der Waals surface area contributed by atoms with Gasteiger partial charge in [0, 0.05) is 30.6 Å². The Morgan fingerprint density at radius 1 is 1.29 bits per heavy atom. The zero-order valence-electron chi connectivity index (χ0n) is 7.81. The Kier molecular flexibility index (Phi) is 2.37. The van der Waals surface area contributed by atoms with E-state index in [1.807, 2.05) is 0 Å². The number of hydrogen-bond acceptors (Lipinski definition) is 2. The van der Waals surface area contributed by atoms with Crippen LogP contribution in [0.4, 0.5) is 8.78 Å². The van der Waals surface area contributed by atoms with Crippen LogP contribution in [0.25, 0.3) is 0 Å². The van der Waals surface area contributed by atoms with Crippen molar-refractivity contribution >= 4 is 0 Å². The van der Waals surface area contributed by atoms with E-state index >= 15 is 0 Å². The third-order valence-electron chi connectivity index (χ3n) is 2.49. The Balaban J connectivity index is 2.40. The van der Waals surface area contributed by atoms with Crippen LogP contribution < -0.4 is 10.1 Å². The maximum absolute atomic E-state index is 13.0. The van der Waals surface area contributed by atoms with E-state index in [0.717, 1.165) is 24.7 Å². The summed E-state index contributed by atoms with van der Waals surface area (Å²) in [6.45, 7) is 1.59. The second-order valence-electron chi connectivity index (χ2n) is 3.36. The maximum atomic E-state index is 13.0. The highest BCUT2D eigenvalue weighted by atomic mass is 19.2. The van der Waals surface area contributed by atoms with Crippen LogP contribution in [0.5, 0.6) is 5.75 Å². The number of rotatable bonds is 2. The molecule has 0 radical (unpaired) electrons. The van der Waals surface area contributed by atoms with E-state index in [9.17, 15) is 8.78 Å². The van der Waals surface area contributed by atoms with Gasteiger partial charge in [-0.1, -0.05) is 0 Å². The monoisotopic (exact) mass is 199 g/mol. The molecule has 0 aliphatic carbocycles. The molecule has 76 valence electrons. The summed E-state index contributed by atoms with van der Waals surface area (Å²) in [5, 5.41) is 3.07. The lowest BCUT2D eigenvalue weighted by Crippen LogP contribution is -2.40. The first-order valence-electron chi connectivity index (χ1n) is 4.46. The molecule has 2 rings (SSSR count). The molecule has 1 aliphatic rings. The van der Waals surface area contributed by atoms with Gasteiger partial charge in [0.05, 0.1) is 7.11 Å². The Bertz CT molecular complexity index is 350. The van der Waals surface area contributed by atoms with Gasteiger partial charge < -0.3 is 10.1 Å². The van der Waals surface area contributed by atoms with Crippen molar-refractivity contribution in [2.75, 3.05) is 20.2 Å². The predicted octanol–water partition coefficient (Wildman–Crippen LogP) is 1.66. The maximum Gasteiger partial charge on any atom is 0.162 e. The molecule has 1 aromatic rings. The third-order valence-corrected chi connectivity index (χ3v) is 2.49. The zero-order chi connectivity index (χ0) is 10.1. The van der Waals surface area contributed by atoms with Gasteiger partial charge in [0.1, 0.15) is 5.75 Å². The molecule has 1 aromatic carbocycles. The molecule has 0 saturated carbocycles. The quantitative estimate of drug-likeness (QED) is 0.782. The third kappa shape index (κ3) is 1.46. The van der Waals surface area contributed by atoms with E-state index in [0.29, 0.717) is 5.75 Å². The van der Waals surface area contributed by atoms with Crippen LogP contribution in [0, 0.1) is 11.6 Å². The second kappa shape index (κ2) is 3.53. The molecule has 1 heterocycles. The summed E-state index contributed by atoms with van der Waals surface area (Å²) < 4.78 is 30.8. The van der Waals surface area contributed by atoms with Crippen molar-refractivity contribution in [2.45, 2.75) is 5.92 Å². The molecule has 14 heavy (non-hydrogen) atoms. The topological polar surface area (TPSA) is 21.3 Å². The van der Waals surface area contributed by atoms with Gasteiger partial charge in [-0.2, -0.15) is 0 Å². The average molecular weight is 199 g/mol. The van der Waals surface area contributed by atoms with Crippen LogP contribution in [-0.2, 0) is 0 Å². The second-order valence-corrected chi connectivity index (χ2v) is 3.36. The fourth-order valence-corrected chi connectivity index (χ4v) is 1.55. The number of benzene rings is 1. The summed E-state index contributed by atoms with van der Waals surface area (Å²) in [5.74, 6) is -1.01. The summed E-state index contributed by atoms with van der Waals surface area (Å²) >= 11 is 0. The van der Waals surface area contributed by atoms with Crippen molar-refractivity contribution < 1.29 is 13.5 Å². The summed E-state index contributed by atoms with van der Waals surface area (Å²) in [4.78, 5) is 0. The largest absolute Gasteiger partial charge is 0.496 e. The summed E-state index contributed by atoms with van der Waals surface area (Å²) in [5.41, 5.74) is 0.741. The fourth-order valence-electron chi connectivity index (χ4n) is 1.55. The first-order valence-corrected chi connectivity index (χ1v) is 4.46. The van der Waals surface area contributed by atoms with Gasteiger partial charge in [-0.05, 0) is 6.07 Å². The minimum atomic E-state index is -0.863. The minimum Gasteiger partial charge on any atom is -0.496 e. The molecule has 0 atom stereocenters. The normalized spacial score (nSPS) is 16.5. The van der Waals surface area contributed by atoms with Crippen molar-refractivity contribution in [3.05, 3.63) is 29.3 Å². The van der Waals surface area contributed by atoms with E-state index in [1.54, 1.807) is 0 Å². The van der Waals surface area contributed by atoms with Gasteiger partial charge >= 0.3 is 0 Å². The van der Waals surface area contributed by atoms with Crippen LogP contribution in [0.15, 0.2) is 12.1 Å². The van der Waals surface area contributed by atoms with E-state index < -0.39 is 11.6 Å². The Hall–Kier alpha value is -1.16. The van der Waals surface area contributed by atoms with Gasteiger partial charge in [-0.25, -0.2) is 8.78 Å². The number of ether oxygens (including phenoxy) is 1. The van der Waals surface area contributed by atoms with Crippen molar-refractivity contribution in [2.24, 2.45) is 0 Å². The lowest BCUT2D eigenvalue weighted by molar-refractivity contribution is 0.377. The molecule has 0 unspecified atom stereocenters. The van der Waals surface area contributed by atoms with Gasteiger partial charge in [0.15, 0.2) is 11.6 Å². The smallest absolute Gasteiger partial charge is 0.162 e. The molecular formula is C10H11F2NO. The molecule has 0 aromatic heterocycles. The first kappa shape index (κ1) is 9.40. The highest BCUT2D eigenvalue weighted by molar-refractivity contribution is 5.39. The number of nitrogens with one attached hydrogen (secondary N) is 1. The van der Waals surface area contributed by atoms with E-state index in [-0.39, 0.29) is 5.92 Å². The Morgan fingerprint density at radius 2 is 1.93 bits per heavy atom. The highest BCUT2D eigenvalue weighted by Crippen LogP contribution is 2.31. The molecule has 1 N–H and O–H groups in total. The van der Waals surface area contributed by atoms with Crippen LogP contribution in [0.1, 0.15) is 11.5 Å². The minimum absolute atomic E-state index is 0.236. The summed E-state index contributed by atoms with van der Waals surface area (Å²) in [6, 6.07) is 2.32. The van der Waals surface area contributed by atoms with Crippen molar-refractivity contribution in [1.82, 2.24) is 5.32 Å². The highest BCUT2D eigenvalue weighted by Gasteiger charge is 2.24. The van der Waals surface area contributed by atoms with Gasteiger partial charge in [0.2, 0.25) is 0 Å². The number of hydrogen-bond donors (Lipinski definition) is 1. The van der Waals surface area contributed by atoms with Crippen LogP contribution in [0.2, 0.25) is 0 Å². The molecule has 1 fully saturated rings. The van der Waals surface area contributed by atoms with Crippen molar-refractivity contribution in [1.29, 1.82) is 0 Å². The molecule has 0 amide bonds. The SMILES string of the molecule is COc1cc(F)c(F)cc1C1CNC1. The molecule has 4 heteroatoms. The summed E-state index contributed by atoms with van der Waals surface area (Å²) in [6.07, 6.45) is 0. The predicted molar refractivity (Wildman–Crippen MR) is 48.5 cm³/mol. The molecule has 0 bridgehead atoms. The van der Waals surface area contributed by atoms with E-state index in [4.69, 9.17) is 4.74 Å². The fraction of sp³-hybridized carbons (Fsp3) is 0.400. The lowest BCUT2D eigenvalue weighted by Gasteiger charge is -2.28. The van der Waals surface area contributed by atoms with Crippen molar-refractivity contribution in [3.63, 3.8) is 0 Å². The zero-order valence-corrected chi connectivity index (χ0v) is 7.81. The van der Waals surface area contributed by atoms with Gasteiger partial charge in [-0.15, -0.1) is 0 Å². The first-order chi connectivity index (χ1) is 6.72. The number of methoxy groups -OCH3 is 1. The molecular weight excluding hydrogens is 188 g/mol. The van der Waals surface area contributed by atoms with Gasteiger partial charge in [0.25, 0.3) is 0 Å². The summed E-state index contributed by atoms with van der Waals surface area (Å²) in [7, 11) is 1.46.